The van der Waals surface area contributed by atoms with Crippen LogP contribution in [0.1, 0.15) is 104 Å². The van der Waals surface area contributed by atoms with Crippen LogP contribution >= 0.6 is 0 Å². The van der Waals surface area contributed by atoms with E-state index in [2.05, 4.69) is 13.0 Å². The second-order valence-corrected chi connectivity index (χ2v) is 8.68. The molecule has 3 nitrogen and oxygen atoms in total. The van der Waals surface area contributed by atoms with E-state index in [1.54, 1.807) is 6.26 Å². The highest BCUT2D eigenvalue weighted by molar-refractivity contribution is 5.74. The minimum absolute atomic E-state index is 0.521. The SMILES string of the molecule is Cc1c(N)c(C2CCCCC2)c(N)c(Cc2ccco2)c1C1CCCCC1. The molecule has 0 bridgehead atoms. The number of nitrogens with two attached hydrogens (primary N) is 2. The van der Waals surface area contributed by atoms with Crippen molar-refractivity contribution in [2.75, 3.05) is 11.5 Å². The summed E-state index contributed by atoms with van der Waals surface area (Å²) in [7, 11) is 0. The van der Waals surface area contributed by atoms with Crippen molar-refractivity contribution in [2.24, 2.45) is 0 Å². The van der Waals surface area contributed by atoms with E-state index in [-0.39, 0.29) is 0 Å². The van der Waals surface area contributed by atoms with E-state index in [9.17, 15) is 0 Å². The van der Waals surface area contributed by atoms with Crippen LogP contribution in [0.25, 0.3) is 0 Å². The van der Waals surface area contributed by atoms with E-state index >= 15 is 0 Å². The van der Waals surface area contributed by atoms with Crippen LogP contribution in [0.5, 0.6) is 0 Å². The van der Waals surface area contributed by atoms with Crippen LogP contribution in [0.4, 0.5) is 11.4 Å². The van der Waals surface area contributed by atoms with Gasteiger partial charge in [-0.25, -0.2) is 0 Å². The monoisotopic (exact) mass is 366 g/mol. The van der Waals surface area contributed by atoms with Crippen molar-refractivity contribution in [1.29, 1.82) is 0 Å². The molecule has 2 fully saturated rings. The van der Waals surface area contributed by atoms with Gasteiger partial charge in [0.15, 0.2) is 0 Å². The minimum atomic E-state index is 0.521. The van der Waals surface area contributed by atoms with Gasteiger partial charge in [0, 0.05) is 23.4 Å². The van der Waals surface area contributed by atoms with Gasteiger partial charge in [0.1, 0.15) is 5.76 Å². The smallest absolute Gasteiger partial charge is 0.108 e. The van der Waals surface area contributed by atoms with Crippen LogP contribution in [-0.2, 0) is 6.42 Å². The predicted octanol–water partition coefficient (Wildman–Crippen LogP) is 6.44. The second-order valence-electron chi connectivity index (χ2n) is 8.68. The Balaban J connectivity index is 1.83. The van der Waals surface area contributed by atoms with Crippen molar-refractivity contribution in [3.63, 3.8) is 0 Å². The Morgan fingerprint density at radius 3 is 2.00 bits per heavy atom. The van der Waals surface area contributed by atoms with Crippen molar-refractivity contribution < 1.29 is 4.42 Å². The van der Waals surface area contributed by atoms with Gasteiger partial charge >= 0.3 is 0 Å². The molecular weight excluding hydrogens is 332 g/mol. The zero-order valence-electron chi connectivity index (χ0n) is 16.7. The molecule has 2 aromatic rings. The van der Waals surface area contributed by atoms with Gasteiger partial charge in [0.2, 0.25) is 0 Å². The lowest BCUT2D eigenvalue weighted by atomic mass is 9.74. The van der Waals surface area contributed by atoms with Crippen LogP contribution in [0.2, 0.25) is 0 Å². The minimum Gasteiger partial charge on any atom is -0.469 e. The van der Waals surface area contributed by atoms with E-state index < -0.39 is 0 Å². The Kier molecular flexibility index (Phi) is 5.47. The van der Waals surface area contributed by atoms with Crippen molar-refractivity contribution in [2.45, 2.75) is 89.4 Å². The zero-order chi connectivity index (χ0) is 18.8. The van der Waals surface area contributed by atoms with E-state index in [1.165, 1.54) is 86.5 Å². The van der Waals surface area contributed by atoms with Crippen molar-refractivity contribution in [3.8, 4) is 0 Å². The van der Waals surface area contributed by atoms with Crippen LogP contribution in [0.3, 0.4) is 0 Å². The van der Waals surface area contributed by atoms with Crippen molar-refractivity contribution in [3.05, 3.63) is 46.4 Å². The molecule has 2 aliphatic rings. The third kappa shape index (κ3) is 3.61. The van der Waals surface area contributed by atoms with E-state index in [4.69, 9.17) is 15.9 Å². The average molecular weight is 367 g/mol. The third-order valence-corrected chi connectivity index (χ3v) is 7.00. The van der Waals surface area contributed by atoms with Gasteiger partial charge < -0.3 is 15.9 Å². The highest BCUT2D eigenvalue weighted by atomic mass is 16.3. The molecule has 0 amide bonds. The van der Waals surface area contributed by atoms with Crippen LogP contribution in [0.15, 0.2) is 22.8 Å². The molecule has 0 spiro atoms. The molecule has 1 aromatic carbocycles. The van der Waals surface area contributed by atoms with Gasteiger partial charge in [0.25, 0.3) is 0 Å². The summed E-state index contributed by atoms with van der Waals surface area (Å²) in [5.74, 6) is 2.11. The number of rotatable bonds is 4. The summed E-state index contributed by atoms with van der Waals surface area (Å²) in [5.41, 5.74) is 20.8. The Bertz CT molecular complexity index is 766. The maximum atomic E-state index is 6.89. The molecule has 0 aliphatic heterocycles. The molecule has 3 heteroatoms. The van der Waals surface area contributed by atoms with Gasteiger partial charge in [-0.2, -0.15) is 0 Å². The molecule has 146 valence electrons. The standard InChI is InChI=1S/C24H34N2O/c1-16-21(17-9-4-2-5-10-17)20(15-19-13-8-14-27-19)24(26)22(23(16)25)18-11-6-3-7-12-18/h8,13-14,17-18H,2-7,9-12,15,25-26H2,1H3. The zero-order valence-corrected chi connectivity index (χ0v) is 16.7. The summed E-state index contributed by atoms with van der Waals surface area (Å²) in [6, 6.07) is 4.04. The first-order chi connectivity index (χ1) is 13.2. The lowest BCUT2D eigenvalue weighted by Gasteiger charge is -2.32. The van der Waals surface area contributed by atoms with Gasteiger partial charge in [-0.15, -0.1) is 0 Å². The van der Waals surface area contributed by atoms with Gasteiger partial charge in [0.05, 0.1) is 6.26 Å². The topological polar surface area (TPSA) is 65.2 Å². The van der Waals surface area contributed by atoms with E-state index in [0.717, 1.165) is 23.6 Å². The molecule has 4 N–H and O–H groups in total. The fourth-order valence-electron chi connectivity index (χ4n) is 5.58. The maximum absolute atomic E-state index is 6.89. The molecule has 4 rings (SSSR count). The molecular formula is C24H34N2O. The van der Waals surface area contributed by atoms with Gasteiger partial charge in [-0.3, -0.25) is 0 Å². The summed E-state index contributed by atoms with van der Waals surface area (Å²) < 4.78 is 5.70. The molecule has 2 aliphatic carbocycles. The highest BCUT2D eigenvalue weighted by Gasteiger charge is 2.29. The predicted molar refractivity (Wildman–Crippen MR) is 113 cm³/mol. The lowest BCUT2D eigenvalue weighted by molar-refractivity contribution is 0.436. The van der Waals surface area contributed by atoms with Crippen LogP contribution in [0, 0.1) is 6.92 Å². The second kappa shape index (κ2) is 8.00. The largest absolute Gasteiger partial charge is 0.469 e. The molecule has 1 aromatic heterocycles. The average Bonchev–Trinajstić information content (AvgIpc) is 3.21. The molecule has 0 saturated heterocycles. The molecule has 0 radical (unpaired) electrons. The third-order valence-electron chi connectivity index (χ3n) is 7.00. The lowest BCUT2D eigenvalue weighted by Crippen LogP contribution is -2.18. The fourth-order valence-corrected chi connectivity index (χ4v) is 5.58. The number of anilines is 2. The maximum Gasteiger partial charge on any atom is 0.108 e. The Hall–Kier alpha value is -1.90. The molecule has 0 atom stereocenters. The quantitative estimate of drug-likeness (QED) is 0.612. The number of nitrogen functional groups attached to an aromatic ring is 2. The first-order valence-corrected chi connectivity index (χ1v) is 10.9. The van der Waals surface area contributed by atoms with Crippen LogP contribution in [-0.4, -0.2) is 0 Å². The fraction of sp³-hybridized carbons (Fsp3) is 0.583. The summed E-state index contributed by atoms with van der Waals surface area (Å²) in [6.45, 7) is 2.23. The first kappa shape index (κ1) is 18.5. The van der Waals surface area contributed by atoms with Gasteiger partial charge in [-0.05, 0) is 73.3 Å². The van der Waals surface area contributed by atoms with Crippen LogP contribution < -0.4 is 11.5 Å². The highest BCUT2D eigenvalue weighted by Crippen LogP contribution is 2.47. The number of hydrogen-bond donors (Lipinski definition) is 2. The normalized spacial score (nSPS) is 19.4. The Labute approximate surface area is 163 Å². The summed E-state index contributed by atoms with van der Waals surface area (Å²) in [6.07, 6.45) is 15.4. The first-order valence-electron chi connectivity index (χ1n) is 10.9. The summed E-state index contributed by atoms with van der Waals surface area (Å²) in [5, 5.41) is 0. The van der Waals surface area contributed by atoms with Gasteiger partial charge in [-0.1, -0.05) is 38.5 Å². The Morgan fingerprint density at radius 1 is 0.852 bits per heavy atom. The number of furan rings is 1. The molecule has 0 unspecified atom stereocenters. The van der Waals surface area contributed by atoms with Crippen molar-refractivity contribution >= 4 is 11.4 Å². The summed E-state index contributed by atoms with van der Waals surface area (Å²) >= 11 is 0. The van der Waals surface area contributed by atoms with E-state index in [1.807, 2.05) is 6.07 Å². The molecule has 2 saturated carbocycles. The number of benzene rings is 1. The molecule has 1 heterocycles. The Morgan fingerprint density at radius 2 is 1.44 bits per heavy atom. The van der Waals surface area contributed by atoms with E-state index in [0.29, 0.717) is 11.8 Å². The summed E-state index contributed by atoms with van der Waals surface area (Å²) in [4.78, 5) is 0. The molecule has 27 heavy (non-hydrogen) atoms. The van der Waals surface area contributed by atoms with Crippen molar-refractivity contribution in [1.82, 2.24) is 0 Å². The number of hydrogen-bond acceptors (Lipinski definition) is 3.